The second-order valence-corrected chi connectivity index (χ2v) is 6.79. The first kappa shape index (κ1) is 21.5. The van der Waals surface area contributed by atoms with Gasteiger partial charge in [-0.2, -0.15) is 0 Å². The van der Waals surface area contributed by atoms with Crippen LogP contribution < -0.4 is 15.4 Å². The highest BCUT2D eigenvalue weighted by Gasteiger charge is 2.13. The van der Waals surface area contributed by atoms with E-state index in [1.54, 1.807) is 0 Å². The molecule has 2 N–H and O–H groups in total. The SMILES string of the molecule is CCNC(=NCCCOCC1CCOCC1)NCCOc1ccccc1C. The van der Waals surface area contributed by atoms with E-state index in [1.807, 2.05) is 18.2 Å². The smallest absolute Gasteiger partial charge is 0.191 e. The minimum absolute atomic E-state index is 0.601. The molecule has 1 aromatic rings. The van der Waals surface area contributed by atoms with Crippen LogP contribution in [-0.4, -0.2) is 58.6 Å². The third-order valence-corrected chi connectivity index (χ3v) is 4.50. The van der Waals surface area contributed by atoms with Crippen molar-refractivity contribution in [3.63, 3.8) is 0 Å². The van der Waals surface area contributed by atoms with Crippen molar-refractivity contribution in [2.75, 3.05) is 52.7 Å². The highest BCUT2D eigenvalue weighted by atomic mass is 16.5. The molecule has 6 heteroatoms. The van der Waals surface area contributed by atoms with Crippen LogP contribution in [0.1, 0.15) is 31.7 Å². The van der Waals surface area contributed by atoms with Gasteiger partial charge in [-0.05, 0) is 50.7 Å². The van der Waals surface area contributed by atoms with Crippen LogP contribution in [0.2, 0.25) is 0 Å². The maximum atomic E-state index is 5.81. The Kier molecular flexibility index (Phi) is 10.7. The number of rotatable bonds is 11. The number of aryl methyl sites for hydroxylation is 1. The molecule has 2 rings (SSSR count). The Morgan fingerprint density at radius 3 is 2.78 bits per heavy atom. The topological polar surface area (TPSA) is 64.1 Å². The molecule has 0 amide bonds. The van der Waals surface area contributed by atoms with Crippen LogP contribution in [0.4, 0.5) is 0 Å². The maximum Gasteiger partial charge on any atom is 0.191 e. The van der Waals surface area contributed by atoms with Gasteiger partial charge in [0, 0.05) is 39.5 Å². The van der Waals surface area contributed by atoms with Crippen molar-refractivity contribution in [1.29, 1.82) is 0 Å². The number of nitrogens with one attached hydrogen (secondary N) is 2. The average Bonchev–Trinajstić information content (AvgIpc) is 2.69. The van der Waals surface area contributed by atoms with Crippen molar-refractivity contribution >= 4 is 5.96 Å². The first-order chi connectivity index (χ1) is 13.3. The zero-order chi connectivity index (χ0) is 19.2. The van der Waals surface area contributed by atoms with Gasteiger partial charge in [-0.25, -0.2) is 0 Å². The number of para-hydroxylation sites is 1. The monoisotopic (exact) mass is 377 g/mol. The molecular weight excluding hydrogens is 342 g/mol. The lowest BCUT2D eigenvalue weighted by atomic mass is 10.0. The van der Waals surface area contributed by atoms with Gasteiger partial charge >= 0.3 is 0 Å². The summed E-state index contributed by atoms with van der Waals surface area (Å²) in [5, 5.41) is 6.58. The summed E-state index contributed by atoms with van der Waals surface area (Å²) in [5.74, 6) is 2.42. The van der Waals surface area contributed by atoms with E-state index in [0.29, 0.717) is 19.1 Å². The Bertz CT molecular complexity index is 545. The molecule has 0 saturated carbocycles. The van der Waals surface area contributed by atoms with Gasteiger partial charge < -0.3 is 24.8 Å². The van der Waals surface area contributed by atoms with Crippen LogP contribution >= 0.6 is 0 Å². The van der Waals surface area contributed by atoms with Gasteiger partial charge in [0.15, 0.2) is 5.96 Å². The number of ether oxygens (including phenoxy) is 3. The molecule has 1 heterocycles. The predicted molar refractivity (Wildman–Crippen MR) is 110 cm³/mol. The van der Waals surface area contributed by atoms with Crippen molar-refractivity contribution in [3.05, 3.63) is 29.8 Å². The van der Waals surface area contributed by atoms with E-state index in [2.05, 4.69) is 35.5 Å². The molecule has 1 aliphatic rings. The number of benzene rings is 1. The molecule has 1 aliphatic heterocycles. The minimum Gasteiger partial charge on any atom is -0.491 e. The molecule has 152 valence electrons. The summed E-state index contributed by atoms with van der Waals surface area (Å²) in [5.41, 5.74) is 1.15. The van der Waals surface area contributed by atoms with Crippen molar-refractivity contribution in [1.82, 2.24) is 10.6 Å². The Morgan fingerprint density at radius 2 is 2.00 bits per heavy atom. The zero-order valence-electron chi connectivity index (χ0n) is 16.8. The van der Waals surface area contributed by atoms with Gasteiger partial charge in [0.05, 0.1) is 6.54 Å². The number of hydrogen-bond acceptors (Lipinski definition) is 4. The molecule has 1 aromatic carbocycles. The Hall–Kier alpha value is -1.79. The normalized spacial score (nSPS) is 15.6. The highest BCUT2D eigenvalue weighted by Crippen LogP contribution is 2.16. The fraction of sp³-hybridized carbons (Fsp3) is 0.667. The highest BCUT2D eigenvalue weighted by molar-refractivity contribution is 5.79. The first-order valence-electron chi connectivity index (χ1n) is 10.2. The average molecular weight is 378 g/mol. The first-order valence-corrected chi connectivity index (χ1v) is 10.2. The summed E-state index contributed by atoms with van der Waals surface area (Å²) in [4.78, 5) is 4.60. The van der Waals surface area contributed by atoms with Crippen LogP contribution in [0, 0.1) is 12.8 Å². The van der Waals surface area contributed by atoms with Crippen LogP contribution in [0.5, 0.6) is 5.75 Å². The molecule has 0 atom stereocenters. The molecule has 0 spiro atoms. The van der Waals surface area contributed by atoms with E-state index >= 15 is 0 Å². The second kappa shape index (κ2) is 13.4. The summed E-state index contributed by atoms with van der Waals surface area (Å²) < 4.78 is 17.0. The van der Waals surface area contributed by atoms with E-state index in [0.717, 1.165) is 76.1 Å². The predicted octanol–water partition coefficient (Wildman–Crippen LogP) is 2.76. The van der Waals surface area contributed by atoms with E-state index in [9.17, 15) is 0 Å². The zero-order valence-corrected chi connectivity index (χ0v) is 16.8. The lowest BCUT2D eigenvalue weighted by molar-refractivity contribution is 0.0205. The quantitative estimate of drug-likeness (QED) is 0.353. The lowest BCUT2D eigenvalue weighted by Crippen LogP contribution is -2.39. The van der Waals surface area contributed by atoms with Crippen LogP contribution in [-0.2, 0) is 9.47 Å². The molecule has 1 saturated heterocycles. The largest absolute Gasteiger partial charge is 0.491 e. The van der Waals surface area contributed by atoms with E-state index in [1.165, 1.54) is 0 Å². The fourth-order valence-electron chi connectivity index (χ4n) is 2.91. The van der Waals surface area contributed by atoms with Crippen molar-refractivity contribution in [2.24, 2.45) is 10.9 Å². The summed E-state index contributed by atoms with van der Waals surface area (Å²) in [6, 6.07) is 8.06. The number of aliphatic imine (C=N–C) groups is 1. The van der Waals surface area contributed by atoms with Crippen molar-refractivity contribution in [2.45, 2.75) is 33.1 Å². The van der Waals surface area contributed by atoms with E-state index in [4.69, 9.17) is 14.2 Å². The molecule has 0 aromatic heterocycles. The standard InChI is InChI=1S/C21H35N3O3/c1-3-22-21(24-12-16-27-20-8-5-4-7-18(20)2)23-11-6-13-26-17-19-9-14-25-15-10-19/h4-5,7-8,19H,3,6,9-17H2,1-2H3,(H2,22,23,24). The maximum absolute atomic E-state index is 5.81. The molecule has 0 aliphatic carbocycles. The Balaban J connectivity index is 1.56. The second-order valence-electron chi connectivity index (χ2n) is 6.79. The van der Waals surface area contributed by atoms with Gasteiger partial charge in [-0.15, -0.1) is 0 Å². The molecule has 6 nitrogen and oxygen atoms in total. The van der Waals surface area contributed by atoms with Gasteiger partial charge in [0.2, 0.25) is 0 Å². The molecule has 0 unspecified atom stereocenters. The Morgan fingerprint density at radius 1 is 1.19 bits per heavy atom. The molecule has 1 fully saturated rings. The van der Waals surface area contributed by atoms with Crippen LogP contribution in [0.15, 0.2) is 29.3 Å². The summed E-state index contributed by atoms with van der Waals surface area (Å²) >= 11 is 0. The summed E-state index contributed by atoms with van der Waals surface area (Å²) in [6.07, 6.45) is 3.17. The number of guanidine groups is 1. The van der Waals surface area contributed by atoms with Gasteiger partial charge in [-0.1, -0.05) is 18.2 Å². The molecule has 0 bridgehead atoms. The summed E-state index contributed by atoms with van der Waals surface area (Å²) in [6.45, 7) is 10.4. The molecule has 0 radical (unpaired) electrons. The number of nitrogens with zero attached hydrogens (tertiary/aromatic N) is 1. The Labute approximate surface area is 163 Å². The van der Waals surface area contributed by atoms with Crippen LogP contribution in [0.25, 0.3) is 0 Å². The molecule has 27 heavy (non-hydrogen) atoms. The van der Waals surface area contributed by atoms with Gasteiger partial charge in [-0.3, -0.25) is 4.99 Å². The number of hydrogen-bond donors (Lipinski definition) is 2. The fourth-order valence-corrected chi connectivity index (χ4v) is 2.91. The van der Waals surface area contributed by atoms with E-state index < -0.39 is 0 Å². The summed E-state index contributed by atoms with van der Waals surface area (Å²) in [7, 11) is 0. The minimum atomic E-state index is 0.601. The van der Waals surface area contributed by atoms with Gasteiger partial charge in [0.25, 0.3) is 0 Å². The lowest BCUT2D eigenvalue weighted by Gasteiger charge is -2.21. The third kappa shape index (κ3) is 9.11. The van der Waals surface area contributed by atoms with Crippen LogP contribution in [0.3, 0.4) is 0 Å². The van der Waals surface area contributed by atoms with Crippen molar-refractivity contribution < 1.29 is 14.2 Å². The van der Waals surface area contributed by atoms with Gasteiger partial charge in [0.1, 0.15) is 12.4 Å². The third-order valence-electron chi connectivity index (χ3n) is 4.50. The molecular formula is C21H35N3O3. The van der Waals surface area contributed by atoms with E-state index in [-0.39, 0.29) is 0 Å². The van der Waals surface area contributed by atoms with Crippen molar-refractivity contribution in [3.8, 4) is 5.75 Å².